The van der Waals surface area contributed by atoms with Gasteiger partial charge in [-0.3, -0.25) is 0 Å². The van der Waals surface area contributed by atoms with Crippen molar-refractivity contribution in [1.82, 2.24) is 0 Å². The van der Waals surface area contributed by atoms with Crippen LogP contribution in [0.3, 0.4) is 0 Å². The molecule has 1 aromatic carbocycles. The minimum atomic E-state index is -0.611. The van der Waals surface area contributed by atoms with E-state index in [4.69, 9.17) is 5.11 Å². The zero-order chi connectivity index (χ0) is 9.68. The van der Waals surface area contributed by atoms with Crippen LogP contribution in [0.15, 0.2) is 30.3 Å². The second-order valence-electron chi connectivity index (χ2n) is 3.42. The van der Waals surface area contributed by atoms with Crippen molar-refractivity contribution >= 4 is 0 Å². The number of hydrogen-bond acceptors (Lipinski definition) is 2. The van der Waals surface area contributed by atoms with E-state index in [9.17, 15) is 5.11 Å². The molecule has 0 heterocycles. The van der Waals surface area contributed by atoms with E-state index < -0.39 is 6.10 Å². The van der Waals surface area contributed by atoms with Gasteiger partial charge in [0.15, 0.2) is 0 Å². The van der Waals surface area contributed by atoms with Crippen molar-refractivity contribution in [3.63, 3.8) is 0 Å². The molecule has 0 saturated heterocycles. The Labute approximate surface area is 78.8 Å². The molecule has 1 aromatic rings. The van der Waals surface area contributed by atoms with Crippen LogP contribution in [0.1, 0.15) is 12.5 Å². The van der Waals surface area contributed by atoms with Gasteiger partial charge in [0.05, 0.1) is 12.7 Å². The topological polar surface area (TPSA) is 40.5 Å². The summed E-state index contributed by atoms with van der Waals surface area (Å²) in [5.74, 6) is 0.104. The molecule has 1 rings (SSSR count). The second kappa shape index (κ2) is 5.00. The third-order valence-electron chi connectivity index (χ3n) is 2.24. The lowest BCUT2D eigenvalue weighted by atomic mass is 9.96. The molecular formula is C11H16O2. The van der Waals surface area contributed by atoms with Crippen LogP contribution in [0.2, 0.25) is 0 Å². The average Bonchev–Trinajstić information content (AvgIpc) is 2.18. The summed E-state index contributed by atoms with van der Waals surface area (Å²) < 4.78 is 0. The van der Waals surface area contributed by atoms with Crippen molar-refractivity contribution in [2.45, 2.75) is 19.4 Å². The second-order valence-corrected chi connectivity index (χ2v) is 3.42. The Balaban J connectivity index is 2.50. The van der Waals surface area contributed by atoms with Crippen LogP contribution in [-0.4, -0.2) is 22.9 Å². The SMILES string of the molecule is CC(Cc1ccccc1)C(O)CO. The van der Waals surface area contributed by atoms with Gasteiger partial charge >= 0.3 is 0 Å². The maximum atomic E-state index is 9.34. The van der Waals surface area contributed by atoms with Gasteiger partial charge in [-0.25, -0.2) is 0 Å². The molecule has 0 amide bonds. The largest absolute Gasteiger partial charge is 0.394 e. The quantitative estimate of drug-likeness (QED) is 0.731. The summed E-state index contributed by atoms with van der Waals surface area (Å²) in [4.78, 5) is 0. The molecular weight excluding hydrogens is 164 g/mol. The number of aliphatic hydroxyl groups is 2. The lowest BCUT2D eigenvalue weighted by Crippen LogP contribution is -2.23. The monoisotopic (exact) mass is 180 g/mol. The van der Waals surface area contributed by atoms with Crippen LogP contribution >= 0.6 is 0 Å². The highest BCUT2D eigenvalue weighted by Gasteiger charge is 2.12. The van der Waals surface area contributed by atoms with Crippen molar-refractivity contribution in [3.8, 4) is 0 Å². The van der Waals surface area contributed by atoms with E-state index in [0.29, 0.717) is 0 Å². The van der Waals surface area contributed by atoms with Crippen LogP contribution < -0.4 is 0 Å². The van der Waals surface area contributed by atoms with Gasteiger partial charge in [-0.15, -0.1) is 0 Å². The van der Waals surface area contributed by atoms with Gasteiger partial charge in [-0.05, 0) is 17.9 Å². The lowest BCUT2D eigenvalue weighted by molar-refractivity contribution is 0.0535. The Morgan fingerprint density at radius 1 is 1.23 bits per heavy atom. The molecule has 0 bridgehead atoms. The Morgan fingerprint density at radius 3 is 2.38 bits per heavy atom. The predicted octanol–water partition coefficient (Wildman–Crippen LogP) is 1.22. The summed E-state index contributed by atoms with van der Waals surface area (Å²) in [5, 5.41) is 18.1. The van der Waals surface area contributed by atoms with Gasteiger partial charge in [0.1, 0.15) is 0 Å². The van der Waals surface area contributed by atoms with Gasteiger partial charge in [0.2, 0.25) is 0 Å². The molecule has 0 saturated carbocycles. The van der Waals surface area contributed by atoms with E-state index >= 15 is 0 Å². The highest BCUT2D eigenvalue weighted by atomic mass is 16.3. The third-order valence-corrected chi connectivity index (χ3v) is 2.24. The van der Waals surface area contributed by atoms with Gasteiger partial charge in [-0.2, -0.15) is 0 Å². The average molecular weight is 180 g/mol. The molecule has 2 atom stereocenters. The van der Waals surface area contributed by atoms with E-state index in [0.717, 1.165) is 6.42 Å². The Hall–Kier alpha value is -0.860. The molecule has 13 heavy (non-hydrogen) atoms. The van der Waals surface area contributed by atoms with Gasteiger partial charge < -0.3 is 10.2 Å². The summed E-state index contributed by atoms with van der Waals surface area (Å²) in [6.45, 7) is 1.78. The van der Waals surface area contributed by atoms with Crippen molar-refractivity contribution in [2.75, 3.05) is 6.61 Å². The maximum absolute atomic E-state index is 9.34. The van der Waals surface area contributed by atoms with Crippen LogP contribution in [-0.2, 0) is 6.42 Å². The fourth-order valence-corrected chi connectivity index (χ4v) is 1.30. The fraction of sp³-hybridized carbons (Fsp3) is 0.455. The van der Waals surface area contributed by atoms with E-state index in [1.807, 2.05) is 37.3 Å². The summed E-state index contributed by atoms with van der Waals surface area (Å²) in [6.07, 6.45) is 0.197. The van der Waals surface area contributed by atoms with E-state index in [-0.39, 0.29) is 12.5 Å². The Kier molecular flexibility index (Phi) is 3.93. The van der Waals surface area contributed by atoms with Crippen molar-refractivity contribution in [1.29, 1.82) is 0 Å². The van der Waals surface area contributed by atoms with Crippen molar-refractivity contribution in [3.05, 3.63) is 35.9 Å². The molecule has 0 aliphatic carbocycles. The highest BCUT2D eigenvalue weighted by molar-refractivity contribution is 5.15. The van der Waals surface area contributed by atoms with Gasteiger partial charge in [0.25, 0.3) is 0 Å². The zero-order valence-electron chi connectivity index (χ0n) is 7.85. The zero-order valence-corrected chi connectivity index (χ0v) is 7.85. The standard InChI is InChI=1S/C11H16O2/c1-9(11(13)8-12)7-10-5-3-2-4-6-10/h2-6,9,11-13H,7-8H2,1H3. The number of aliphatic hydroxyl groups excluding tert-OH is 2. The highest BCUT2D eigenvalue weighted by Crippen LogP contribution is 2.11. The first-order valence-electron chi connectivity index (χ1n) is 4.57. The van der Waals surface area contributed by atoms with Crippen LogP contribution in [0, 0.1) is 5.92 Å². The normalized spacial score (nSPS) is 15.3. The first-order valence-corrected chi connectivity index (χ1v) is 4.57. The molecule has 0 radical (unpaired) electrons. The molecule has 0 aliphatic rings. The third kappa shape index (κ3) is 3.17. The molecule has 2 heteroatoms. The van der Waals surface area contributed by atoms with E-state index in [1.54, 1.807) is 0 Å². The predicted molar refractivity (Wildman–Crippen MR) is 52.4 cm³/mol. The van der Waals surface area contributed by atoms with Crippen LogP contribution in [0.4, 0.5) is 0 Å². The molecule has 72 valence electrons. The number of benzene rings is 1. The summed E-state index contributed by atoms with van der Waals surface area (Å²) in [7, 11) is 0. The van der Waals surface area contributed by atoms with Crippen LogP contribution in [0.25, 0.3) is 0 Å². The molecule has 0 spiro atoms. The van der Waals surface area contributed by atoms with Gasteiger partial charge in [-0.1, -0.05) is 37.3 Å². The first kappa shape index (κ1) is 10.2. The summed E-state index contributed by atoms with van der Waals surface area (Å²) >= 11 is 0. The molecule has 0 fully saturated rings. The maximum Gasteiger partial charge on any atom is 0.0799 e. The first-order chi connectivity index (χ1) is 6.24. The fourth-order valence-electron chi connectivity index (χ4n) is 1.30. The van der Waals surface area contributed by atoms with E-state index in [1.165, 1.54) is 5.56 Å². The molecule has 2 nitrogen and oxygen atoms in total. The molecule has 2 N–H and O–H groups in total. The molecule has 0 aliphatic heterocycles. The lowest BCUT2D eigenvalue weighted by Gasteiger charge is -2.16. The summed E-state index contributed by atoms with van der Waals surface area (Å²) in [5.41, 5.74) is 1.20. The minimum Gasteiger partial charge on any atom is -0.394 e. The molecule has 2 unspecified atom stereocenters. The number of rotatable bonds is 4. The van der Waals surface area contributed by atoms with Crippen LogP contribution in [0.5, 0.6) is 0 Å². The van der Waals surface area contributed by atoms with Gasteiger partial charge in [0, 0.05) is 0 Å². The van der Waals surface area contributed by atoms with Crippen molar-refractivity contribution < 1.29 is 10.2 Å². The Morgan fingerprint density at radius 2 is 1.85 bits per heavy atom. The number of hydrogen-bond donors (Lipinski definition) is 2. The summed E-state index contributed by atoms with van der Waals surface area (Å²) in [6, 6.07) is 9.98. The molecule has 0 aromatic heterocycles. The smallest absolute Gasteiger partial charge is 0.0799 e. The minimum absolute atomic E-state index is 0.104. The van der Waals surface area contributed by atoms with Crippen molar-refractivity contribution in [2.24, 2.45) is 5.92 Å². The Bertz CT molecular complexity index is 233. The van der Waals surface area contributed by atoms with E-state index in [2.05, 4.69) is 0 Å².